The SMILES string of the molecule is CN1CCN(C)C(CC(N)c2ccc(C(F)(F)F)cc2)C1. The number of hydrogen-bond donors (Lipinski definition) is 1. The van der Waals surface area contributed by atoms with Crippen molar-refractivity contribution in [3.63, 3.8) is 0 Å². The Morgan fingerprint density at radius 2 is 1.81 bits per heavy atom. The number of halogens is 3. The van der Waals surface area contributed by atoms with Crippen molar-refractivity contribution in [2.75, 3.05) is 33.7 Å². The van der Waals surface area contributed by atoms with Crippen molar-refractivity contribution in [1.82, 2.24) is 9.80 Å². The van der Waals surface area contributed by atoms with Gasteiger partial charge in [0, 0.05) is 31.7 Å². The monoisotopic (exact) mass is 301 g/mol. The number of nitrogens with zero attached hydrogens (tertiary/aromatic N) is 2. The molecule has 1 saturated heterocycles. The predicted octanol–water partition coefficient (Wildman–Crippen LogP) is 2.34. The second-order valence-electron chi connectivity index (χ2n) is 5.86. The molecule has 2 atom stereocenters. The molecule has 6 heteroatoms. The maximum absolute atomic E-state index is 12.5. The third-order valence-electron chi connectivity index (χ3n) is 4.17. The molecule has 2 N–H and O–H groups in total. The topological polar surface area (TPSA) is 32.5 Å². The molecular formula is C15H22F3N3. The van der Waals surface area contributed by atoms with Crippen LogP contribution in [0.4, 0.5) is 13.2 Å². The lowest BCUT2D eigenvalue weighted by molar-refractivity contribution is -0.137. The molecule has 0 aliphatic carbocycles. The summed E-state index contributed by atoms with van der Waals surface area (Å²) in [5.74, 6) is 0. The first-order valence-electron chi connectivity index (χ1n) is 7.09. The van der Waals surface area contributed by atoms with Crippen LogP contribution in [-0.2, 0) is 6.18 Å². The summed E-state index contributed by atoms with van der Waals surface area (Å²) >= 11 is 0. The largest absolute Gasteiger partial charge is 0.416 e. The highest BCUT2D eigenvalue weighted by Gasteiger charge is 2.30. The lowest BCUT2D eigenvalue weighted by Gasteiger charge is -2.38. The van der Waals surface area contributed by atoms with Gasteiger partial charge in [0.25, 0.3) is 0 Å². The van der Waals surface area contributed by atoms with Crippen molar-refractivity contribution in [2.45, 2.75) is 24.7 Å². The standard InChI is InChI=1S/C15H22F3N3/c1-20-7-8-21(2)13(10-20)9-14(19)11-3-5-12(6-4-11)15(16,17)18/h3-6,13-14H,7-10,19H2,1-2H3. The molecule has 3 nitrogen and oxygen atoms in total. The lowest BCUT2D eigenvalue weighted by atomic mass is 9.97. The predicted molar refractivity (Wildman–Crippen MR) is 76.9 cm³/mol. The van der Waals surface area contributed by atoms with Crippen LogP contribution in [0.25, 0.3) is 0 Å². The molecule has 0 spiro atoms. The zero-order valence-electron chi connectivity index (χ0n) is 12.4. The Morgan fingerprint density at radius 1 is 1.19 bits per heavy atom. The molecule has 21 heavy (non-hydrogen) atoms. The van der Waals surface area contributed by atoms with Crippen LogP contribution in [-0.4, -0.2) is 49.6 Å². The zero-order chi connectivity index (χ0) is 15.6. The van der Waals surface area contributed by atoms with Crippen LogP contribution in [0, 0.1) is 0 Å². The number of piperazine rings is 1. The van der Waals surface area contributed by atoms with Crippen molar-refractivity contribution in [1.29, 1.82) is 0 Å². The number of alkyl halides is 3. The van der Waals surface area contributed by atoms with E-state index >= 15 is 0 Å². The van der Waals surface area contributed by atoms with Crippen molar-refractivity contribution >= 4 is 0 Å². The van der Waals surface area contributed by atoms with E-state index in [0.717, 1.165) is 43.8 Å². The summed E-state index contributed by atoms with van der Waals surface area (Å²) < 4.78 is 37.6. The summed E-state index contributed by atoms with van der Waals surface area (Å²) in [6.07, 6.45) is -3.55. The summed E-state index contributed by atoms with van der Waals surface area (Å²) in [6.45, 7) is 2.95. The first-order valence-corrected chi connectivity index (χ1v) is 7.09. The molecule has 0 aromatic heterocycles. The van der Waals surface area contributed by atoms with E-state index in [1.54, 1.807) is 0 Å². The number of benzene rings is 1. The van der Waals surface area contributed by atoms with Crippen molar-refractivity contribution in [2.24, 2.45) is 5.73 Å². The molecular weight excluding hydrogens is 279 g/mol. The fraction of sp³-hybridized carbons (Fsp3) is 0.600. The van der Waals surface area contributed by atoms with Gasteiger partial charge in [-0.2, -0.15) is 13.2 Å². The minimum Gasteiger partial charge on any atom is -0.324 e. The van der Waals surface area contributed by atoms with Crippen molar-refractivity contribution < 1.29 is 13.2 Å². The van der Waals surface area contributed by atoms with Gasteiger partial charge in [0.1, 0.15) is 0 Å². The Bertz CT molecular complexity index is 458. The third-order valence-corrected chi connectivity index (χ3v) is 4.17. The zero-order valence-corrected chi connectivity index (χ0v) is 12.4. The molecule has 2 rings (SSSR count). The normalized spacial score (nSPS) is 23.2. The van der Waals surface area contributed by atoms with Gasteiger partial charge in [-0.25, -0.2) is 0 Å². The molecule has 1 aromatic rings. The van der Waals surface area contributed by atoms with Crippen LogP contribution < -0.4 is 5.73 Å². The van der Waals surface area contributed by atoms with Crippen molar-refractivity contribution in [3.8, 4) is 0 Å². The quantitative estimate of drug-likeness (QED) is 0.930. The average molecular weight is 301 g/mol. The maximum atomic E-state index is 12.5. The highest BCUT2D eigenvalue weighted by atomic mass is 19.4. The Hall–Kier alpha value is -1.11. The van der Waals surface area contributed by atoms with Crippen LogP contribution in [0.1, 0.15) is 23.6 Å². The summed E-state index contributed by atoms with van der Waals surface area (Å²) in [5, 5.41) is 0. The Morgan fingerprint density at radius 3 is 2.38 bits per heavy atom. The van der Waals surface area contributed by atoms with Crippen LogP contribution in [0.3, 0.4) is 0 Å². The Kier molecular flexibility index (Phi) is 4.91. The van der Waals surface area contributed by atoms with Gasteiger partial charge >= 0.3 is 6.18 Å². The number of likely N-dealkylation sites (N-methyl/N-ethyl adjacent to an activating group) is 2. The van der Waals surface area contributed by atoms with Crippen molar-refractivity contribution in [3.05, 3.63) is 35.4 Å². The minimum atomic E-state index is -4.30. The van der Waals surface area contributed by atoms with E-state index < -0.39 is 11.7 Å². The third kappa shape index (κ3) is 4.18. The Balaban J connectivity index is 2.01. The average Bonchev–Trinajstić information content (AvgIpc) is 2.42. The van der Waals surface area contributed by atoms with Gasteiger partial charge in [-0.3, -0.25) is 0 Å². The molecule has 1 aliphatic heterocycles. The molecule has 1 aliphatic rings. The van der Waals surface area contributed by atoms with Crippen LogP contribution in [0.5, 0.6) is 0 Å². The molecule has 118 valence electrons. The van der Waals surface area contributed by atoms with E-state index in [9.17, 15) is 13.2 Å². The highest BCUT2D eigenvalue weighted by Crippen LogP contribution is 2.30. The molecule has 0 saturated carbocycles. The van der Waals surface area contributed by atoms with Crippen LogP contribution >= 0.6 is 0 Å². The van der Waals surface area contributed by atoms with Crippen LogP contribution in [0.2, 0.25) is 0 Å². The summed E-state index contributed by atoms with van der Waals surface area (Å²) in [6, 6.07) is 5.27. The number of hydrogen-bond acceptors (Lipinski definition) is 3. The molecule has 0 bridgehead atoms. The minimum absolute atomic E-state index is 0.244. The fourth-order valence-electron chi connectivity index (χ4n) is 2.70. The van der Waals surface area contributed by atoms with Gasteiger partial charge in [-0.15, -0.1) is 0 Å². The molecule has 0 amide bonds. The van der Waals surface area contributed by atoms with E-state index in [1.807, 2.05) is 0 Å². The van der Waals surface area contributed by atoms with Gasteiger partial charge in [0.2, 0.25) is 0 Å². The van der Waals surface area contributed by atoms with E-state index in [0.29, 0.717) is 6.04 Å². The van der Waals surface area contributed by atoms with Gasteiger partial charge in [0.15, 0.2) is 0 Å². The molecule has 1 heterocycles. The molecule has 1 fully saturated rings. The number of nitrogens with two attached hydrogens (primary N) is 1. The van der Waals surface area contributed by atoms with E-state index in [4.69, 9.17) is 5.73 Å². The second-order valence-corrected chi connectivity index (χ2v) is 5.86. The van der Waals surface area contributed by atoms with Gasteiger partial charge < -0.3 is 15.5 Å². The van der Waals surface area contributed by atoms with Gasteiger partial charge in [-0.1, -0.05) is 12.1 Å². The van der Waals surface area contributed by atoms with E-state index in [-0.39, 0.29) is 6.04 Å². The highest BCUT2D eigenvalue weighted by molar-refractivity contribution is 5.26. The molecule has 1 aromatic carbocycles. The number of rotatable bonds is 3. The Labute approximate surface area is 123 Å². The second kappa shape index (κ2) is 6.34. The summed E-state index contributed by atoms with van der Waals surface area (Å²) in [7, 11) is 4.14. The van der Waals surface area contributed by atoms with Crippen LogP contribution in [0.15, 0.2) is 24.3 Å². The summed E-state index contributed by atoms with van der Waals surface area (Å²) in [4.78, 5) is 4.52. The van der Waals surface area contributed by atoms with E-state index in [2.05, 4.69) is 23.9 Å². The lowest BCUT2D eigenvalue weighted by Crippen LogP contribution is -2.50. The first-order chi connectivity index (χ1) is 9.77. The first kappa shape index (κ1) is 16.3. The molecule has 2 unspecified atom stereocenters. The van der Waals surface area contributed by atoms with Gasteiger partial charge in [0.05, 0.1) is 5.56 Å². The van der Waals surface area contributed by atoms with Gasteiger partial charge in [-0.05, 0) is 38.2 Å². The smallest absolute Gasteiger partial charge is 0.324 e. The maximum Gasteiger partial charge on any atom is 0.416 e. The molecule has 0 radical (unpaired) electrons. The van der Waals surface area contributed by atoms with E-state index in [1.165, 1.54) is 12.1 Å². The summed E-state index contributed by atoms with van der Waals surface area (Å²) in [5.41, 5.74) is 6.29. The fourth-order valence-corrected chi connectivity index (χ4v) is 2.70.